The van der Waals surface area contributed by atoms with E-state index in [2.05, 4.69) is 15.2 Å². The molecule has 1 rings (SSSR count). The smallest absolute Gasteiger partial charge is 0.430 e. The lowest BCUT2D eigenvalue weighted by molar-refractivity contribution is -0.255. The molecule has 1 atom stereocenters. The van der Waals surface area contributed by atoms with E-state index in [1.54, 1.807) is 0 Å². The molecule has 13 heavy (non-hydrogen) atoms. The minimum atomic E-state index is -4.64. The normalized spacial score (nSPS) is 28.8. The van der Waals surface area contributed by atoms with Crippen molar-refractivity contribution in [3.05, 3.63) is 0 Å². The molecule has 1 amide bonds. The molecule has 0 bridgehead atoms. The Morgan fingerprint density at radius 2 is 2.15 bits per heavy atom. The van der Waals surface area contributed by atoms with E-state index < -0.39 is 30.9 Å². The summed E-state index contributed by atoms with van der Waals surface area (Å²) in [6.07, 6.45) is -6.49. The van der Waals surface area contributed by atoms with Crippen molar-refractivity contribution in [1.82, 2.24) is 0 Å². The predicted octanol–water partition coefficient (Wildman–Crippen LogP) is 0.803. The first kappa shape index (κ1) is 10.1. The Morgan fingerprint density at radius 3 is 2.46 bits per heavy atom. The van der Waals surface area contributed by atoms with Crippen LogP contribution in [0.5, 0.6) is 0 Å². The standard InChI is InChI=1S/C6H8F3NO3/c7-6(8,9)5(13-4(10)11)1-2-12-3-5/h1-3H2,(H2,10,11). The molecule has 0 aromatic rings. The Morgan fingerprint density at radius 1 is 1.54 bits per heavy atom. The largest absolute Gasteiger partial charge is 0.431 e. The second-order valence-corrected chi connectivity index (χ2v) is 2.72. The highest BCUT2D eigenvalue weighted by atomic mass is 19.4. The molecule has 0 aliphatic carbocycles. The van der Waals surface area contributed by atoms with Gasteiger partial charge in [-0.15, -0.1) is 0 Å². The van der Waals surface area contributed by atoms with Crippen LogP contribution < -0.4 is 5.73 Å². The highest BCUT2D eigenvalue weighted by Gasteiger charge is 2.60. The zero-order valence-corrected chi connectivity index (χ0v) is 6.56. The molecule has 1 aliphatic heterocycles. The maximum absolute atomic E-state index is 12.4. The lowest BCUT2D eigenvalue weighted by Gasteiger charge is -2.28. The SMILES string of the molecule is NC(=O)OC1(C(F)(F)F)CCOC1. The molecule has 2 N–H and O–H groups in total. The van der Waals surface area contributed by atoms with Crippen LogP contribution in [0.2, 0.25) is 0 Å². The molecule has 1 unspecified atom stereocenters. The maximum atomic E-state index is 12.4. The van der Waals surface area contributed by atoms with Crippen LogP contribution in [0.3, 0.4) is 0 Å². The summed E-state index contributed by atoms with van der Waals surface area (Å²) in [7, 11) is 0. The first-order valence-electron chi connectivity index (χ1n) is 3.50. The van der Waals surface area contributed by atoms with Crippen LogP contribution in [-0.2, 0) is 9.47 Å². The van der Waals surface area contributed by atoms with E-state index in [1.165, 1.54) is 0 Å². The summed E-state index contributed by atoms with van der Waals surface area (Å²) in [5.74, 6) is 0. The molecule has 0 radical (unpaired) electrons. The van der Waals surface area contributed by atoms with E-state index in [4.69, 9.17) is 0 Å². The van der Waals surface area contributed by atoms with Gasteiger partial charge in [-0.25, -0.2) is 4.79 Å². The van der Waals surface area contributed by atoms with Crippen LogP contribution in [0.25, 0.3) is 0 Å². The summed E-state index contributed by atoms with van der Waals surface area (Å²) < 4.78 is 45.7. The van der Waals surface area contributed by atoms with Gasteiger partial charge in [-0.2, -0.15) is 13.2 Å². The quantitative estimate of drug-likeness (QED) is 0.679. The number of hydrogen-bond donors (Lipinski definition) is 1. The number of hydrogen-bond acceptors (Lipinski definition) is 3. The van der Waals surface area contributed by atoms with Crippen molar-refractivity contribution in [1.29, 1.82) is 0 Å². The van der Waals surface area contributed by atoms with E-state index in [1.807, 2.05) is 0 Å². The van der Waals surface area contributed by atoms with Gasteiger partial charge >= 0.3 is 12.3 Å². The van der Waals surface area contributed by atoms with Crippen LogP contribution >= 0.6 is 0 Å². The molecular weight excluding hydrogens is 191 g/mol. The van der Waals surface area contributed by atoms with E-state index in [-0.39, 0.29) is 6.61 Å². The molecule has 1 fully saturated rings. The van der Waals surface area contributed by atoms with Crippen LogP contribution in [0, 0.1) is 0 Å². The topological polar surface area (TPSA) is 61.6 Å². The van der Waals surface area contributed by atoms with E-state index in [0.717, 1.165) is 0 Å². The van der Waals surface area contributed by atoms with Gasteiger partial charge in [-0.1, -0.05) is 0 Å². The maximum Gasteiger partial charge on any atom is 0.430 e. The number of carbonyl (C=O) groups excluding carboxylic acids is 1. The summed E-state index contributed by atoms with van der Waals surface area (Å²) in [5.41, 5.74) is 1.99. The number of alkyl halides is 3. The second kappa shape index (κ2) is 3.06. The van der Waals surface area contributed by atoms with Crippen molar-refractivity contribution in [2.45, 2.75) is 18.2 Å². The second-order valence-electron chi connectivity index (χ2n) is 2.72. The average molecular weight is 199 g/mol. The Labute approximate surface area is 71.8 Å². The third-order valence-corrected chi connectivity index (χ3v) is 1.80. The number of carbonyl (C=O) groups is 1. The van der Waals surface area contributed by atoms with E-state index in [9.17, 15) is 18.0 Å². The number of ether oxygens (including phenoxy) is 2. The molecule has 76 valence electrons. The molecule has 4 nitrogen and oxygen atoms in total. The predicted molar refractivity (Wildman–Crippen MR) is 34.9 cm³/mol. The summed E-state index contributed by atoms with van der Waals surface area (Å²) in [6.45, 7) is -0.772. The average Bonchev–Trinajstić information content (AvgIpc) is 2.33. The summed E-state index contributed by atoms with van der Waals surface area (Å²) in [5, 5.41) is 0. The number of rotatable bonds is 1. The zero-order valence-electron chi connectivity index (χ0n) is 6.56. The van der Waals surface area contributed by atoms with Gasteiger partial charge < -0.3 is 15.2 Å². The van der Waals surface area contributed by atoms with Gasteiger partial charge in [-0.3, -0.25) is 0 Å². The Balaban J connectivity index is 2.81. The summed E-state index contributed by atoms with van der Waals surface area (Å²) in [4.78, 5) is 10.3. The molecule has 0 aromatic heterocycles. The lowest BCUT2D eigenvalue weighted by Crippen LogP contribution is -2.50. The zero-order chi connectivity index (χ0) is 10.1. The van der Waals surface area contributed by atoms with Crippen molar-refractivity contribution < 1.29 is 27.4 Å². The highest BCUT2D eigenvalue weighted by Crippen LogP contribution is 2.39. The van der Waals surface area contributed by atoms with Crippen LogP contribution in [0.15, 0.2) is 0 Å². The van der Waals surface area contributed by atoms with Crippen molar-refractivity contribution in [2.24, 2.45) is 5.73 Å². The molecule has 1 saturated heterocycles. The van der Waals surface area contributed by atoms with E-state index in [0.29, 0.717) is 0 Å². The van der Waals surface area contributed by atoms with Gasteiger partial charge in [0.1, 0.15) is 0 Å². The minimum Gasteiger partial charge on any atom is -0.431 e. The molecular formula is C6H8F3NO3. The van der Waals surface area contributed by atoms with Crippen molar-refractivity contribution in [3.8, 4) is 0 Å². The molecule has 7 heteroatoms. The molecule has 0 spiro atoms. The van der Waals surface area contributed by atoms with Gasteiger partial charge in [0.25, 0.3) is 0 Å². The number of amides is 1. The third-order valence-electron chi connectivity index (χ3n) is 1.80. The van der Waals surface area contributed by atoms with Crippen molar-refractivity contribution >= 4 is 6.09 Å². The van der Waals surface area contributed by atoms with Gasteiger partial charge in [-0.05, 0) is 0 Å². The van der Waals surface area contributed by atoms with Crippen LogP contribution in [0.4, 0.5) is 18.0 Å². The molecule has 0 saturated carbocycles. The molecule has 1 aliphatic rings. The molecule has 1 heterocycles. The fraction of sp³-hybridized carbons (Fsp3) is 0.833. The first-order chi connectivity index (χ1) is 5.87. The van der Waals surface area contributed by atoms with Gasteiger partial charge in [0.2, 0.25) is 5.60 Å². The number of nitrogens with two attached hydrogens (primary N) is 1. The Kier molecular flexibility index (Phi) is 2.38. The fourth-order valence-electron chi connectivity index (χ4n) is 1.10. The summed E-state index contributed by atoms with van der Waals surface area (Å²) in [6, 6.07) is 0. The number of halogens is 3. The Hall–Kier alpha value is -0.980. The van der Waals surface area contributed by atoms with E-state index >= 15 is 0 Å². The fourth-order valence-corrected chi connectivity index (χ4v) is 1.10. The number of primary amides is 1. The lowest BCUT2D eigenvalue weighted by atomic mass is 10.0. The van der Waals surface area contributed by atoms with Crippen LogP contribution in [-0.4, -0.2) is 31.1 Å². The van der Waals surface area contributed by atoms with Crippen molar-refractivity contribution in [3.63, 3.8) is 0 Å². The molecule has 0 aromatic carbocycles. The summed E-state index contributed by atoms with van der Waals surface area (Å²) >= 11 is 0. The van der Waals surface area contributed by atoms with Crippen LogP contribution in [0.1, 0.15) is 6.42 Å². The Bertz CT molecular complexity index is 210. The third kappa shape index (κ3) is 1.85. The van der Waals surface area contributed by atoms with Gasteiger partial charge in [0.05, 0.1) is 13.2 Å². The van der Waals surface area contributed by atoms with Gasteiger partial charge in [0.15, 0.2) is 0 Å². The monoisotopic (exact) mass is 199 g/mol. The highest BCUT2D eigenvalue weighted by molar-refractivity contribution is 5.65. The van der Waals surface area contributed by atoms with Gasteiger partial charge in [0, 0.05) is 6.42 Å². The van der Waals surface area contributed by atoms with Crippen molar-refractivity contribution in [2.75, 3.05) is 13.2 Å². The minimum absolute atomic E-state index is 0.0905. The first-order valence-corrected chi connectivity index (χ1v) is 3.50.